The molecule has 1 aromatic heterocycles. The number of hydrogen-bond acceptors (Lipinski definition) is 5. The van der Waals surface area contributed by atoms with Gasteiger partial charge in [0.15, 0.2) is 0 Å². The lowest BCUT2D eigenvalue weighted by atomic mass is 10.1. The predicted octanol–water partition coefficient (Wildman–Crippen LogP) is 2.22. The summed E-state index contributed by atoms with van der Waals surface area (Å²) in [7, 11) is 0. The molecule has 3 fully saturated rings. The van der Waals surface area contributed by atoms with E-state index in [-0.39, 0.29) is 12.0 Å². The molecule has 2 heterocycles. The number of anilines is 1. The van der Waals surface area contributed by atoms with Crippen LogP contribution in [0.5, 0.6) is 0 Å². The largest absolute Gasteiger partial charge is 0.376 e. The molecule has 1 atom stereocenters. The van der Waals surface area contributed by atoms with Gasteiger partial charge in [0.25, 0.3) is 5.91 Å². The molecular formula is C19H31N5O2. The van der Waals surface area contributed by atoms with E-state index in [1.807, 2.05) is 4.57 Å². The highest BCUT2D eigenvalue weighted by Crippen LogP contribution is 2.30. The van der Waals surface area contributed by atoms with Crippen LogP contribution in [0, 0.1) is 11.8 Å². The van der Waals surface area contributed by atoms with Gasteiger partial charge in [0.1, 0.15) is 0 Å². The molecule has 144 valence electrons. The molecule has 0 unspecified atom stereocenters. The van der Waals surface area contributed by atoms with Gasteiger partial charge in [-0.05, 0) is 50.4 Å². The van der Waals surface area contributed by atoms with E-state index < -0.39 is 0 Å². The number of nitrogens with zero attached hydrogens (tertiary/aromatic N) is 4. The van der Waals surface area contributed by atoms with Gasteiger partial charge in [0, 0.05) is 32.3 Å². The van der Waals surface area contributed by atoms with Gasteiger partial charge in [-0.3, -0.25) is 9.36 Å². The minimum atomic E-state index is -0.0922. The first-order valence-electron chi connectivity index (χ1n) is 10.2. The average Bonchev–Trinajstić information content (AvgIpc) is 3.53. The van der Waals surface area contributed by atoms with Gasteiger partial charge in [0.2, 0.25) is 11.8 Å². The Labute approximate surface area is 155 Å². The maximum absolute atomic E-state index is 12.6. The number of rotatable bonds is 8. The third-order valence-electron chi connectivity index (χ3n) is 5.32. The van der Waals surface area contributed by atoms with E-state index in [0.717, 1.165) is 63.8 Å². The Hall–Kier alpha value is -1.63. The summed E-state index contributed by atoms with van der Waals surface area (Å²) in [5, 5.41) is 11.7. The molecule has 26 heavy (non-hydrogen) atoms. The molecular weight excluding hydrogens is 330 g/mol. The molecule has 3 aliphatic rings. The first-order chi connectivity index (χ1) is 12.6. The zero-order valence-corrected chi connectivity index (χ0v) is 16.0. The van der Waals surface area contributed by atoms with Crippen molar-refractivity contribution >= 4 is 11.9 Å². The van der Waals surface area contributed by atoms with Crippen molar-refractivity contribution in [2.24, 2.45) is 11.8 Å². The Bertz CT molecular complexity index is 636. The van der Waals surface area contributed by atoms with E-state index in [2.05, 4.69) is 34.3 Å². The Morgan fingerprint density at radius 2 is 2.04 bits per heavy atom. The van der Waals surface area contributed by atoms with Crippen LogP contribution < -0.4 is 10.2 Å². The summed E-state index contributed by atoms with van der Waals surface area (Å²) in [6, 6.07) is 0.324. The van der Waals surface area contributed by atoms with Gasteiger partial charge in [-0.2, -0.15) is 0 Å². The summed E-state index contributed by atoms with van der Waals surface area (Å²) in [5.41, 5.74) is 0. The Kier molecular flexibility index (Phi) is 5.16. The van der Waals surface area contributed by atoms with Gasteiger partial charge < -0.3 is 15.0 Å². The average molecular weight is 361 g/mol. The molecule has 0 radical (unpaired) electrons. The van der Waals surface area contributed by atoms with E-state index in [4.69, 9.17) is 4.74 Å². The van der Waals surface area contributed by atoms with Crippen LogP contribution in [0.1, 0.15) is 63.0 Å². The number of ether oxygens (including phenoxy) is 1. The van der Waals surface area contributed by atoms with Crippen molar-refractivity contribution in [3.63, 3.8) is 0 Å². The number of amides is 1. The number of carbonyl (C=O) groups is 1. The number of carbonyl (C=O) groups excluding carboxylic acids is 1. The van der Waals surface area contributed by atoms with Crippen LogP contribution in [-0.2, 0) is 11.3 Å². The predicted molar refractivity (Wildman–Crippen MR) is 99.3 cm³/mol. The van der Waals surface area contributed by atoms with Crippen LogP contribution in [0.15, 0.2) is 0 Å². The van der Waals surface area contributed by atoms with Gasteiger partial charge in [0.05, 0.1) is 6.10 Å². The lowest BCUT2D eigenvalue weighted by Gasteiger charge is -2.33. The highest BCUT2D eigenvalue weighted by atomic mass is 16.5. The van der Waals surface area contributed by atoms with Crippen LogP contribution in [-0.4, -0.2) is 52.5 Å². The van der Waals surface area contributed by atoms with Crippen LogP contribution in [0.3, 0.4) is 0 Å². The minimum absolute atomic E-state index is 0.0922. The second-order valence-electron chi connectivity index (χ2n) is 8.56. The fraction of sp³-hybridized carbons (Fsp3) is 0.842. The molecule has 7 heteroatoms. The molecule has 2 saturated carbocycles. The SMILES string of the molecule is CC(C)Cn1c(C(=O)NC2CC2)nnc1N1CCC[C@@H](OCC2CC2)C1. The van der Waals surface area contributed by atoms with Crippen LogP contribution in [0.4, 0.5) is 5.95 Å². The van der Waals surface area contributed by atoms with E-state index in [0.29, 0.717) is 17.8 Å². The molecule has 0 aromatic carbocycles. The third-order valence-corrected chi connectivity index (χ3v) is 5.32. The van der Waals surface area contributed by atoms with Gasteiger partial charge in [-0.25, -0.2) is 0 Å². The second-order valence-corrected chi connectivity index (χ2v) is 8.56. The molecule has 7 nitrogen and oxygen atoms in total. The smallest absolute Gasteiger partial charge is 0.289 e. The quantitative estimate of drug-likeness (QED) is 0.769. The summed E-state index contributed by atoms with van der Waals surface area (Å²) >= 11 is 0. The monoisotopic (exact) mass is 361 g/mol. The summed E-state index contributed by atoms with van der Waals surface area (Å²) < 4.78 is 8.12. The minimum Gasteiger partial charge on any atom is -0.376 e. The molecule has 0 spiro atoms. The van der Waals surface area contributed by atoms with E-state index >= 15 is 0 Å². The van der Waals surface area contributed by atoms with Gasteiger partial charge >= 0.3 is 0 Å². The molecule has 1 N–H and O–H groups in total. The highest BCUT2D eigenvalue weighted by molar-refractivity contribution is 5.91. The fourth-order valence-electron chi connectivity index (χ4n) is 3.52. The third kappa shape index (κ3) is 4.37. The molecule has 1 saturated heterocycles. The van der Waals surface area contributed by atoms with Crippen molar-refractivity contribution in [2.45, 2.75) is 71.1 Å². The molecule has 4 rings (SSSR count). The molecule has 1 aromatic rings. The molecule has 1 amide bonds. The number of piperidine rings is 1. The normalized spacial score (nSPS) is 23.5. The first-order valence-corrected chi connectivity index (χ1v) is 10.2. The summed E-state index contributed by atoms with van der Waals surface area (Å²) in [5.74, 6) is 2.38. The van der Waals surface area contributed by atoms with Gasteiger partial charge in [-0.15, -0.1) is 10.2 Å². The van der Waals surface area contributed by atoms with Crippen molar-refractivity contribution in [2.75, 3.05) is 24.6 Å². The Balaban J connectivity index is 1.48. The number of aromatic nitrogens is 3. The lowest BCUT2D eigenvalue weighted by molar-refractivity contribution is 0.0364. The molecule has 0 bridgehead atoms. The van der Waals surface area contributed by atoms with Crippen LogP contribution >= 0.6 is 0 Å². The summed E-state index contributed by atoms with van der Waals surface area (Å²) in [4.78, 5) is 14.8. The number of nitrogens with one attached hydrogen (secondary N) is 1. The zero-order valence-electron chi connectivity index (χ0n) is 16.0. The first kappa shape index (κ1) is 17.8. The van der Waals surface area contributed by atoms with Crippen LogP contribution in [0.25, 0.3) is 0 Å². The standard InChI is InChI=1S/C19H31N5O2/c1-13(2)10-24-17(18(25)20-15-7-8-15)21-22-19(24)23-9-3-4-16(11-23)26-12-14-5-6-14/h13-16H,3-12H2,1-2H3,(H,20,25)/t16-/m1/s1. The Morgan fingerprint density at radius 3 is 2.73 bits per heavy atom. The van der Waals surface area contributed by atoms with Crippen LogP contribution in [0.2, 0.25) is 0 Å². The van der Waals surface area contributed by atoms with E-state index in [1.165, 1.54) is 12.8 Å². The van der Waals surface area contributed by atoms with Crippen molar-refractivity contribution in [1.29, 1.82) is 0 Å². The summed E-state index contributed by atoms with van der Waals surface area (Å²) in [6.45, 7) is 7.75. The van der Waals surface area contributed by atoms with Crippen molar-refractivity contribution in [3.05, 3.63) is 5.82 Å². The summed E-state index contributed by atoms with van der Waals surface area (Å²) in [6.07, 6.45) is 7.24. The van der Waals surface area contributed by atoms with E-state index in [1.54, 1.807) is 0 Å². The zero-order chi connectivity index (χ0) is 18.1. The Morgan fingerprint density at radius 1 is 1.23 bits per heavy atom. The second kappa shape index (κ2) is 7.55. The van der Waals surface area contributed by atoms with Crippen molar-refractivity contribution in [3.8, 4) is 0 Å². The lowest BCUT2D eigenvalue weighted by Crippen LogP contribution is -2.41. The van der Waals surface area contributed by atoms with Crippen molar-refractivity contribution in [1.82, 2.24) is 20.1 Å². The molecule has 2 aliphatic carbocycles. The molecule has 1 aliphatic heterocycles. The topological polar surface area (TPSA) is 72.3 Å². The van der Waals surface area contributed by atoms with E-state index in [9.17, 15) is 4.79 Å². The maximum Gasteiger partial charge on any atom is 0.289 e. The fourth-order valence-corrected chi connectivity index (χ4v) is 3.52. The highest BCUT2D eigenvalue weighted by Gasteiger charge is 2.31. The number of hydrogen-bond donors (Lipinski definition) is 1. The van der Waals surface area contributed by atoms with Crippen molar-refractivity contribution < 1.29 is 9.53 Å². The van der Waals surface area contributed by atoms with Gasteiger partial charge in [-0.1, -0.05) is 13.8 Å². The maximum atomic E-state index is 12.6.